The molecular formula is C10H13NO3. The molecule has 4 heteroatoms. The van der Waals surface area contributed by atoms with E-state index in [0.29, 0.717) is 11.5 Å². The highest BCUT2D eigenvalue weighted by Gasteiger charge is 2.09. The van der Waals surface area contributed by atoms with Crippen LogP contribution in [0.5, 0.6) is 5.75 Å². The summed E-state index contributed by atoms with van der Waals surface area (Å²) in [6.45, 7) is 0.247. The molecule has 0 atom stereocenters. The van der Waals surface area contributed by atoms with Crippen LogP contribution in [0.2, 0.25) is 0 Å². The summed E-state index contributed by atoms with van der Waals surface area (Å²) in [5, 5.41) is 12.0. The van der Waals surface area contributed by atoms with E-state index in [1.807, 2.05) is 18.2 Å². The molecule has 14 heavy (non-hydrogen) atoms. The summed E-state index contributed by atoms with van der Waals surface area (Å²) in [6.07, 6.45) is 0. The third-order valence-electron chi connectivity index (χ3n) is 1.82. The average molecular weight is 195 g/mol. The maximum atomic E-state index is 8.78. The Hall–Kier alpha value is -1.55. The van der Waals surface area contributed by atoms with Crippen LogP contribution < -0.4 is 4.74 Å². The molecule has 76 valence electrons. The van der Waals surface area contributed by atoms with Crippen LogP contribution in [0.25, 0.3) is 0 Å². The van der Waals surface area contributed by atoms with Crippen molar-refractivity contribution in [2.45, 2.75) is 0 Å². The smallest absolute Gasteiger partial charge is 0.128 e. The Bertz CT molecular complexity index is 323. The minimum Gasteiger partial charge on any atom is -0.496 e. The first-order chi connectivity index (χ1) is 6.83. The first-order valence-electron chi connectivity index (χ1n) is 4.16. The molecule has 1 N–H and O–H groups in total. The monoisotopic (exact) mass is 195 g/mol. The normalized spacial score (nSPS) is 11.4. The molecule has 0 aromatic heterocycles. The van der Waals surface area contributed by atoms with Gasteiger partial charge in [0.05, 0.1) is 13.7 Å². The van der Waals surface area contributed by atoms with Crippen molar-refractivity contribution in [2.24, 2.45) is 5.16 Å². The van der Waals surface area contributed by atoms with E-state index >= 15 is 0 Å². The standard InChI is InChI=1S/C10H13NO3/c1-13-7-9(11-12)8-5-3-4-6-10(8)14-2/h3-6,12H,7H2,1-2H3/b11-9+. The molecule has 4 nitrogen and oxygen atoms in total. The van der Waals surface area contributed by atoms with E-state index < -0.39 is 0 Å². The summed E-state index contributed by atoms with van der Waals surface area (Å²) in [5.41, 5.74) is 1.18. The van der Waals surface area contributed by atoms with Crippen LogP contribution in [-0.2, 0) is 4.74 Å². The van der Waals surface area contributed by atoms with Gasteiger partial charge in [0.1, 0.15) is 11.5 Å². The van der Waals surface area contributed by atoms with Gasteiger partial charge in [-0.15, -0.1) is 0 Å². The molecule has 0 aliphatic rings. The van der Waals surface area contributed by atoms with Gasteiger partial charge >= 0.3 is 0 Å². The quantitative estimate of drug-likeness (QED) is 0.450. The highest BCUT2D eigenvalue weighted by molar-refractivity contribution is 6.03. The zero-order chi connectivity index (χ0) is 10.4. The number of hydrogen-bond acceptors (Lipinski definition) is 4. The fourth-order valence-electron chi connectivity index (χ4n) is 1.18. The van der Waals surface area contributed by atoms with Gasteiger partial charge in [0.15, 0.2) is 0 Å². The molecule has 1 rings (SSSR count). The van der Waals surface area contributed by atoms with Gasteiger partial charge in [-0.05, 0) is 12.1 Å². The van der Waals surface area contributed by atoms with E-state index in [2.05, 4.69) is 5.16 Å². The van der Waals surface area contributed by atoms with Gasteiger partial charge in [0.2, 0.25) is 0 Å². The van der Waals surface area contributed by atoms with E-state index in [1.54, 1.807) is 20.3 Å². The lowest BCUT2D eigenvalue weighted by Crippen LogP contribution is -2.10. The SMILES string of the molecule is COC/C(=N\O)c1ccccc1OC. The number of ether oxygens (including phenoxy) is 2. The predicted molar refractivity (Wildman–Crippen MR) is 53.2 cm³/mol. The summed E-state index contributed by atoms with van der Waals surface area (Å²) < 4.78 is 10.0. The van der Waals surface area contributed by atoms with Crippen molar-refractivity contribution in [2.75, 3.05) is 20.8 Å². The zero-order valence-electron chi connectivity index (χ0n) is 8.23. The molecule has 0 saturated carbocycles. The Morgan fingerprint density at radius 1 is 1.36 bits per heavy atom. The summed E-state index contributed by atoms with van der Waals surface area (Å²) in [7, 11) is 3.11. The lowest BCUT2D eigenvalue weighted by Gasteiger charge is -2.08. The van der Waals surface area contributed by atoms with E-state index in [4.69, 9.17) is 14.7 Å². The Morgan fingerprint density at radius 3 is 2.64 bits per heavy atom. The predicted octanol–water partition coefficient (Wildman–Crippen LogP) is 1.52. The molecule has 0 aliphatic heterocycles. The van der Waals surface area contributed by atoms with E-state index in [9.17, 15) is 0 Å². The second-order valence-electron chi connectivity index (χ2n) is 2.68. The number of para-hydroxylation sites is 1. The van der Waals surface area contributed by atoms with E-state index in [0.717, 1.165) is 5.56 Å². The lowest BCUT2D eigenvalue weighted by molar-refractivity contribution is 0.237. The van der Waals surface area contributed by atoms with E-state index in [-0.39, 0.29) is 6.61 Å². The largest absolute Gasteiger partial charge is 0.496 e. The average Bonchev–Trinajstić information content (AvgIpc) is 2.26. The number of methoxy groups -OCH3 is 2. The third kappa shape index (κ3) is 2.23. The van der Waals surface area contributed by atoms with Crippen molar-refractivity contribution in [3.63, 3.8) is 0 Å². The van der Waals surface area contributed by atoms with Crippen molar-refractivity contribution in [1.29, 1.82) is 0 Å². The Kier molecular flexibility index (Phi) is 3.94. The molecule has 0 saturated heterocycles. The van der Waals surface area contributed by atoms with Crippen LogP contribution in [-0.4, -0.2) is 31.7 Å². The summed E-state index contributed by atoms with van der Waals surface area (Å²) in [6, 6.07) is 7.31. The van der Waals surface area contributed by atoms with Crippen LogP contribution in [0.3, 0.4) is 0 Å². The Labute approximate surface area is 82.8 Å². The molecule has 0 bridgehead atoms. The second kappa shape index (κ2) is 5.24. The second-order valence-corrected chi connectivity index (χ2v) is 2.68. The number of hydrogen-bond donors (Lipinski definition) is 1. The number of nitrogens with zero attached hydrogens (tertiary/aromatic N) is 1. The van der Waals surface area contributed by atoms with Crippen molar-refractivity contribution in [3.05, 3.63) is 29.8 Å². The minimum absolute atomic E-state index is 0.247. The fourth-order valence-corrected chi connectivity index (χ4v) is 1.18. The molecule has 0 radical (unpaired) electrons. The molecule has 0 amide bonds. The molecule has 0 spiro atoms. The summed E-state index contributed by atoms with van der Waals surface area (Å²) in [5.74, 6) is 0.664. The third-order valence-corrected chi connectivity index (χ3v) is 1.82. The maximum absolute atomic E-state index is 8.78. The highest BCUT2D eigenvalue weighted by Crippen LogP contribution is 2.18. The lowest BCUT2D eigenvalue weighted by atomic mass is 10.1. The summed E-state index contributed by atoms with van der Waals surface area (Å²) >= 11 is 0. The minimum atomic E-state index is 0.247. The molecule has 0 aliphatic carbocycles. The van der Waals surface area contributed by atoms with Gasteiger partial charge < -0.3 is 14.7 Å². The van der Waals surface area contributed by atoms with Crippen LogP contribution in [0.4, 0.5) is 0 Å². The van der Waals surface area contributed by atoms with Crippen LogP contribution in [0.15, 0.2) is 29.4 Å². The van der Waals surface area contributed by atoms with Crippen molar-refractivity contribution >= 4 is 5.71 Å². The molecule has 0 fully saturated rings. The fraction of sp³-hybridized carbons (Fsp3) is 0.300. The van der Waals surface area contributed by atoms with Gasteiger partial charge in [0.25, 0.3) is 0 Å². The van der Waals surface area contributed by atoms with Crippen molar-refractivity contribution in [1.82, 2.24) is 0 Å². The van der Waals surface area contributed by atoms with Crippen molar-refractivity contribution in [3.8, 4) is 5.75 Å². The van der Waals surface area contributed by atoms with Crippen LogP contribution in [0, 0.1) is 0 Å². The number of benzene rings is 1. The van der Waals surface area contributed by atoms with Crippen LogP contribution >= 0.6 is 0 Å². The molecular weight excluding hydrogens is 182 g/mol. The summed E-state index contributed by atoms with van der Waals surface area (Å²) in [4.78, 5) is 0. The molecule has 0 unspecified atom stereocenters. The zero-order valence-corrected chi connectivity index (χ0v) is 8.23. The van der Waals surface area contributed by atoms with Gasteiger partial charge in [-0.1, -0.05) is 17.3 Å². The van der Waals surface area contributed by atoms with Crippen LogP contribution in [0.1, 0.15) is 5.56 Å². The molecule has 1 aromatic carbocycles. The van der Waals surface area contributed by atoms with Gasteiger partial charge in [-0.2, -0.15) is 0 Å². The van der Waals surface area contributed by atoms with Gasteiger partial charge in [-0.25, -0.2) is 0 Å². The highest BCUT2D eigenvalue weighted by atomic mass is 16.5. The van der Waals surface area contributed by atoms with Gasteiger partial charge in [-0.3, -0.25) is 0 Å². The molecule has 1 aromatic rings. The number of rotatable bonds is 4. The molecule has 0 heterocycles. The van der Waals surface area contributed by atoms with Gasteiger partial charge in [0, 0.05) is 12.7 Å². The first kappa shape index (κ1) is 10.5. The maximum Gasteiger partial charge on any atom is 0.128 e. The Balaban J connectivity index is 3.03. The van der Waals surface area contributed by atoms with E-state index in [1.165, 1.54) is 0 Å². The topological polar surface area (TPSA) is 51.0 Å². The first-order valence-corrected chi connectivity index (χ1v) is 4.16. The Morgan fingerprint density at radius 2 is 2.07 bits per heavy atom. The van der Waals surface area contributed by atoms with Crippen molar-refractivity contribution < 1.29 is 14.7 Å². The number of oxime groups is 1.